The average molecular weight is 232 g/mol. The fraction of sp³-hybridized carbons (Fsp3) is 0.600. The fourth-order valence-corrected chi connectivity index (χ4v) is 2.68. The van der Waals surface area contributed by atoms with E-state index in [0.717, 1.165) is 19.5 Å². The lowest BCUT2D eigenvalue weighted by molar-refractivity contribution is 0.163. The summed E-state index contributed by atoms with van der Waals surface area (Å²) in [7, 11) is 0. The van der Waals surface area contributed by atoms with Crippen LogP contribution in [0.4, 0.5) is 5.69 Å². The molecule has 0 saturated heterocycles. The van der Waals surface area contributed by atoms with Crippen molar-refractivity contribution in [2.75, 3.05) is 18.4 Å². The smallest absolute Gasteiger partial charge is 0.0402 e. The molecule has 2 heteroatoms. The van der Waals surface area contributed by atoms with Crippen LogP contribution in [0, 0.1) is 12.3 Å². The number of benzene rings is 1. The molecule has 1 aromatic rings. The van der Waals surface area contributed by atoms with Crippen LogP contribution >= 0.6 is 0 Å². The van der Waals surface area contributed by atoms with Gasteiger partial charge in [0, 0.05) is 12.2 Å². The standard InChI is InChI=1S/C15H24N2/c1-3-13-7-4-6-12(2)14(13)17-11-15(10-16)8-5-9-15/h4,6-7,17H,3,5,8-11,16H2,1-2H3. The van der Waals surface area contributed by atoms with Gasteiger partial charge in [-0.1, -0.05) is 31.5 Å². The summed E-state index contributed by atoms with van der Waals surface area (Å²) in [5.74, 6) is 0. The Morgan fingerprint density at radius 3 is 2.65 bits per heavy atom. The minimum Gasteiger partial charge on any atom is -0.384 e. The maximum absolute atomic E-state index is 5.90. The SMILES string of the molecule is CCc1cccc(C)c1NCC1(CN)CCC1. The second kappa shape index (κ2) is 5.09. The molecule has 0 unspecified atom stereocenters. The van der Waals surface area contributed by atoms with Gasteiger partial charge < -0.3 is 11.1 Å². The van der Waals surface area contributed by atoms with Crippen LogP contribution in [-0.4, -0.2) is 13.1 Å². The van der Waals surface area contributed by atoms with Crippen LogP contribution in [0.5, 0.6) is 0 Å². The molecule has 1 aliphatic rings. The molecule has 1 saturated carbocycles. The second-order valence-corrected chi connectivity index (χ2v) is 5.37. The van der Waals surface area contributed by atoms with Gasteiger partial charge in [0.05, 0.1) is 0 Å². The van der Waals surface area contributed by atoms with Gasteiger partial charge in [-0.15, -0.1) is 0 Å². The van der Waals surface area contributed by atoms with Crippen molar-refractivity contribution in [2.24, 2.45) is 11.1 Å². The summed E-state index contributed by atoms with van der Waals surface area (Å²) in [6.45, 7) is 6.23. The third-order valence-corrected chi connectivity index (χ3v) is 4.23. The number of aryl methyl sites for hydroxylation is 2. The van der Waals surface area contributed by atoms with Crippen molar-refractivity contribution in [2.45, 2.75) is 39.5 Å². The Labute approximate surface area is 105 Å². The molecule has 0 atom stereocenters. The normalized spacial score (nSPS) is 17.6. The largest absolute Gasteiger partial charge is 0.384 e. The molecule has 1 fully saturated rings. The average Bonchev–Trinajstić information content (AvgIpc) is 2.29. The van der Waals surface area contributed by atoms with Crippen molar-refractivity contribution < 1.29 is 0 Å². The molecule has 2 nitrogen and oxygen atoms in total. The van der Waals surface area contributed by atoms with E-state index in [1.807, 2.05) is 0 Å². The number of nitrogens with two attached hydrogens (primary N) is 1. The van der Waals surface area contributed by atoms with Crippen LogP contribution in [0.25, 0.3) is 0 Å². The fourth-order valence-electron chi connectivity index (χ4n) is 2.68. The molecule has 17 heavy (non-hydrogen) atoms. The van der Waals surface area contributed by atoms with Crippen LogP contribution < -0.4 is 11.1 Å². The molecule has 0 spiro atoms. The lowest BCUT2D eigenvalue weighted by Crippen LogP contribution is -2.43. The summed E-state index contributed by atoms with van der Waals surface area (Å²) in [4.78, 5) is 0. The van der Waals surface area contributed by atoms with E-state index in [0.29, 0.717) is 5.41 Å². The first-order valence-corrected chi connectivity index (χ1v) is 6.73. The molecule has 0 aliphatic heterocycles. The lowest BCUT2D eigenvalue weighted by Gasteiger charge is -2.41. The molecule has 94 valence electrons. The predicted octanol–water partition coefficient (Wildman–Crippen LogP) is 3.10. The third kappa shape index (κ3) is 2.47. The Hall–Kier alpha value is -1.02. The van der Waals surface area contributed by atoms with Gasteiger partial charge >= 0.3 is 0 Å². The van der Waals surface area contributed by atoms with Crippen molar-refractivity contribution in [3.8, 4) is 0 Å². The Balaban J connectivity index is 2.08. The molecular formula is C15H24N2. The lowest BCUT2D eigenvalue weighted by atomic mass is 9.69. The van der Waals surface area contributed by atoms with Gasteiger partial charge in [-0.2, -0.15) is 0 Å². The molecular weight excluding hydrogens is 208 g/mol. The summed E-state index contributed by atoms with van der Waals surface area (Å²) in [6.07, 6.45) is 4.99. The molecule has 1 aromatic carbocycles. The van der Waals surface area contributed by atoms with Gasteiger partial charge in [0.2, 0.25) is 0 Å². The molecule has 0 radical (unpaired) electrons. The highest BCUT2D eigenvalue weighted by molar-refractivity contribution is 5.57. The number of anilines is 1. The van der Waals surface area contributed by atoms with Gasteiger partial charge in [0.1, 0.15) is 0 Å². The van der Waals surface area contributed by atoms with E-state index in [1.54, 1.807) is 0 Å². The molecule has 2 rings (SSSR count). The molecule has 1 aliphatic carbocycles. The van der Waals surface area contributed by atoms with E-state index in [2.05, 4.69) is 37.4 Å². The van der Waals surface area contributed by atoms with Gasteiger partial charge in [-0.3, -0.25) is 0 Å². The van der Waals surface area contributed by atoms with Crippen molar-refractivity contribution >= 4 is 5.69 Å². The van der Waals surface area contributed by atoms with E-state index >= 15 is 0 Å². The minimum absolute atomic E-state index is 0.368. The maximum atomic E-state index is 5.90. The van der Waals surface area contributed by atoms with Gasteiger partial charge in [-0.25, -0.2) is 0 Å². The highest BCUT2D eigenvalue weighted by atomic mass is 14.9. The van der Waals surface area contributed by atoms with Crippen LogP contribution in [-0.2, 0) is 6.42 Å². The first kappa shape index (κ1) is 12.4. The topological polar surface area (TPSA) is 38.0 Å². The van der Waals surface area contributed by atoms with E-state index < -0.39 is 0 Å². The summed E-state index contributed by atoms with van der Waals surface area (Å²) >= 11 is 0. The maximum Gasteiger partial charge on any atom is 0.0402 e. The number of para-hydroxylation sites is 1. The minimum atomic E-state index is 0.368. The van der Waals surface area contributed by atoms with Crippen molar-refractivity contribution in [1.82, 2.24) is 0 Å². The summed E-state index contributed by atoms with van der Waals surface area (Å²) in [5.41, 5.74) is 10.4. The Morgan fingerprint density at radius 1 is 1.35 bits per heavy atom. The highest BCUT2D eigenvalue weighted by Crippen LogP contribution is 2.40. The Kier molecular flexibility index (Phi) is 3.72. The number of nitrogens with one attached hydrogen (secondary N) is 1. The van der Waals surface area contributed by atoms with Gasteiger partial charge in [0.15, 0.2) is 0 Å². The zero-order valence-corrected chi connectivity index (χ0v) is 11.1. The Morgan fingerprint density at radius 2 is 2.12 bits per heavy atom. The zero-order chi connectivity index (χ0) is 12.3. The first-order valence-electron chi connectivity index (χ1n) is 6.73. The predicted molar refractivity (Wildman–Crippen MR) is 74.4 cm³/mol. The van der Waals surface area contributed by atoms with Crippen LogP contribution in [0.1, 0.15) is 37.3 Å². The van der Waals surface area contributed by atoms with Crippen molar-refractivity contribution in [3.05, 3.63) is 29.3 Å². The summed E-state index contributed by atoms with van der Waals surface area (Å²) in [5, 5.41) is 3.65. The van der Waals surface area contributed by atoms with Crippen LogP contribution in [0.3, 0.4) is 0 Å². The third-order valence-electron chi connectivity index (χ3n) is 4.23. The highest BCUT2D eigenvalue weighted by Gasteiger charge is 2.35. The monoisotopic (exact) mass is 232 g/mol. The van der Waals surface area contributed by atoms with E-state index in [9.17, 15) is 0 Å². The second-order valence-electron chi connectivity index (χ2n) is 5.37. The van der Waals surface area contributed by atoms with E-state index in [4.69, 9.17) is 5.73 Å². The number of rotatable bonds is 5. The van der Waals surface area contributed by atoms with Crippen molar-refractivity contribution in [3.63, 3.8) is 0 Å². The van der Waals surface area contributed by atoms with Gasteiger partial charge in [0.25, 0.3) is 0 Å². The van der Waals surface area contributed by atoms with Crippen LogP contribution in [0.2, 0.25) is 0 Å². The summed E-state index contributed by atoms with van der Waals surface area (Å²) in [6, 6.07) is 6.53. The molecule has 0 amide bonds. The van der Waals surface area contributed by atoms with E-state index in [1.165, 1.54) is 36.1 Å². The number of hydrogen-bond donors (Lipinski definition) is 2. The van der Waals surface area contributed by atoms with Crippen molar-refractivity contribution in [1.29, 1.82) is 0 Å². The molecule has 0 aromatic heterocycles. The van der Waals surface area contributed by atoms with Crippen LogP contribution in [0.15, 0.2) is 18.2 Å². The van der Waals surface area contributed by atoms with Gasteiger partial charge in [-0.05, 0) is 49.3 Å². The molecule has 0 bridgehead atoms. The first-order chi connectivity index (χ1) is 8.21. The summed E-state index contributed by atoms with van der Waals surface area (Å²) < 4.78 is 0. The van der Waals surface area contributed by atoms with E-state index in [-0.39, 0.29) is 0 Å². The zero-order valence-electron chi connectivity index (χ0n) is 11.1. The number of hydrogen-bond acceptors (Lipinski definition) is 2. The quantitative estimate of drug-likeness (QED) is 0.818. The molecule has 0 heterocycles. The Bertz CT molecular complexity index is 375. The molecule has 3 N–H and O–H groups in total.